The Hall–Kier alpha value is -1.66. The lowest BCUT2D eigenvalue weighted by Gasteiger charge is -2.25. The van der Waals surface area contributed by atoms with Crippen LogP contribution in [0.5, 0.6) is 0 Å². The minimum Gasteiger partial charge on any atom is -0.389 e. The zero-order valence-electron chi connectivity index (χ0n) is 12.1. The molecule has 0 aliphatic heterocycles. The van der Waals surface area contributed by atoms with Crippen molar-refractivity contribution in [2.45, 2.75) is 19.4 Å². The highest BCUT2D eigenvalue weighted by atomic mass is 35.5. The smallest absolute Gasteiger partial charge is 0.256 e. The van der Waals surface area contributed by atoms with E-state index < -0.39 is 23.2 Å². The summed E-state index contributed by atoms with van der Waals surface area (Å²) < 4.78 is 13.5. The average Bonchev–Trinajstić information content (AvgIpc) is 2.33. The molecule has 21 heavy (non-hydrogen) atoms. The molecule has 0 aromatic heterocycles. The SMILES string of the molecule is CN(CC(C)(C)O)C(=O)CNC(=O)c1c(F)cccc1Cl. The van der Waals surface area contributed by atoms with Crippen molar-refractivity contribution in [3.05, 3.63) is 34.6 Å². The molecule has 116 valence electrons. The normalized spacial score (nSPS) is 11.1. The Bertz CT molecular complexity index is 523. The Morgan fingerprint density at radius 2 is 2.05 bits per heavy atom. The molecule has 0 fully saturated rings. The highest BCUT2D eigenvalue weighted by Crippen LogP contribution is 2.18. The molecule has 0 bridgehead atoms. The van der Waals surface area contributed by atoms with E-state index in [2.05, 4.69) is 5.32 Å². The number of nitrogens with one attached hydrogen (secondary N) is 1. The minimum absolute atomic E-state index is 0.0233. The highest BCUT2D eigenvalue weighted by Gasteiger charge is 2.21. The molecule has 0 radical (unpaired) electrons. The molecule has 0 spiro atoms. The van der Waals surface area contributed by atoms with Crippen molar-refractivity contribution in [1.29, 1.82) is 0 Å². The molecule has 1 aromatic carbocycles. The van der Waals surface area contributed by atoms with Crippen molar-refractivity contribution in [3.63, 3.8) is 0 Å². The lowest BCUT2D eigenvalue weighted by atomic mass is 10.1. The Labute approximate surface area is 127 Å². The lowest BCUT2D eigenvalue weighted by Crippen LogP contribution is -2.44. The van der Waals surface area contributed by atoms with Crippen LogP contribution in [0.25, 0.3) is 0 Å². The zero-order chi connectivity index (χ0) is 16.2. The van der Waals surface area contributed by atoms with E-state index in [9.17, 15) is 19.1 Å². The lowest BCUT2D eigenvalue weighted by molar-refractivity contribution is -0.131. The Kier molecular flexibility index (Phi) is 5.69. The molecule has 2 N–H and O–H groups in total. The fourth-order valence-corrected chi connectivity index (χ4v) is 2.01. The number of aliphatic hydroxyl groups is 1. The monoisotopic (exact) mass is 316 g/mol. The van der Waals surface area contributed by atoms with Crippen molar-refractivity contribution < 1.29 is 19.1 Å². The quantitative estimate of drug-likeness (QED) is 0.863. The second kappa shape index (κ2) is 6.87. The summed E-state index contributed by atoms with van der Waals surface area (Å²) in [5.74, 6) is -1.92. The third kappa shape index (κ3) is 5.32. The van der Waals surface area contributed by atoms with Gasteiger partial charge in [-0.05, 0) is 26.0 Å². The van der Waals surface area contributed by atoms with Crippen LogP contribution in [-0.4, -0.2) is 47.6 Å². The summed E-state index contributed by atoms with van der Waals surface area (Å²) in [6.07, 6.45) is 0. The summed E-state index contributed by atoms with van der Waals surface area (Å²) in [5, 5.41) is 11.9. The zero-order valence-corrected chi connectivity index (χ0v) is 12.9. The number of likely N-dealkylation sites (N-methyl/N-ethyl adjacent to an activating group) is 1. The van der Waals surface area contributed by atoms with Gasteiger partial charge in [0.1, 0.15) is 5.82 Å². The van der Waals surface area contributed by atoms with Crippen LogP contribution in [0, 0.1) is 5.82 Å². The highest BCUT2D eigenvalue weighted by molar-refractivity contribution is 6.33. The standard InChI is InChI=1S/C14H18ClFN2O3/c1-14(2,21)8-18(3)11(19)7-17-13(20)12-9(15)5-4-6-10(12)16/h4-6,21H,7-8H2,1-3H3,(H,17,20). The summed E-state index contributed by atoms with van der Waals surface area (Å²) in [7, 11) is 1.50. The van der Waals surface area contributed by atoms with E-state index in [0.29, 0.717) is 0 Å². The van der Waals surface area contributed by atoms with Gasteiger partial charge in [0.15, 0.2) is 0 Å². The van der Waals surface area contributed by atoms with Crippen LogP contribution in [0.4, 0.5) is 4.39 Å². The van der Waals surface area contributed by atoms with Gasteiger partial charge in [0.05, 0.1) is 22.7 Å². The number of hydrogen-bond donors (Lipinski definition) is 2. The predicted molar refractivity (Wildman–Crippen MR) is 77.7 cm³/mol. The summed E-state index contributed by atoms with van der Waals surface area (Å²) in [6, 6.07) is 3.89. The Morgan fingerprint density at radius 3 is 2.57 bits per heavy atom. The maximum Gasteiger partial charge on any atom is 0.256 e. The number of halogens is 2. The number of carbonyl (C=O) groups excluding carboxylic acids is 2. The van der Waals surface area contributed by atoms with Crippen molar-refractivity contribution >= 4 is 23.4 Å². The molecule has 0 atom stereocenters. The third-order valence-corrected chi connectivity index (χ3v) is 2.95. The van der Waals surface area contributed by atoms with Crippen molar-refractivity contribution in [1.82, 2.24) is 10.2 Å². The number of rotatable bonds is 5. The first kappa shape index (κ1) is 17.4. The number of carbonyl (C=O) groups is 2. The predicted octanol–water partition coefficient (Wildman–Crippen LogP) is 1.44. The van der Waals surface area contributed by atoms with Gasteiger partial charge in [0.2, 0.25) is 5.91 Å². The van der Waals surface area contributed by atoms with Gasteiger partial charge in [-0.1, -0.05) is 17.7 Å². The van der Waals surface area contributed by atoms with Crippen LogP contribution in [0.3, 0.4) is 0 Å². The minimum atomic E-state index is -1.04. The van der Waals surface area contributed by atoms with E-state index >= 15 is 0 Å². The summed E-state index contributed by atoms with van der Waals surface area (Å²) in [4.78, 5) is 24.9. The van der Waals surface area contributed by atoms with E-state index in [0.717, 1.165) is 6.07 Å². The summed E-state index contributed by atoms with van der Waals surface area (Å²) in [6.45, 7) is 2.93. The van der Waals surface area contributed by atoms with Crippen molar-refractivity contribution in [2.75, 3.05) is 20.1 Å². The van der Waals surface area contributed by atoms with Gasteiger partial charge in [0, 0.05) is 13.6 Å². The van der Waals surface area contributed by atoms with Crippen LogP contribution in [-0.2, 0) is 4.79 Å². The molecule has 0 heterocycles. The van der Waals surface area contributed by atoms with Gasteiger partial charge in [-0.15, -0.1) is 0 Å². The second-order valence-corrected chi connectivity index (χ2v) is 5.75. The summed E-state index contributed by atoms with van der Waals surface area (Å²) in [5.41, 5.74) is -1.33. The Morgan fingerprint density at radius 1 is 1.43 bits per heavy atom. The first-order chi connectivity index (χ1) is 9.61. The molecule has 0 unspecified atom stereocenters. The molecule has 5 nitrogen and oxygen atoms in total. The van der Waals surface area contributed by atoms with Crippen LogP contribution >= 0.6 is 11.6 Å². The van der Waals surface area contributed by atoms with Gasteiger partial charge in [-0.3, -0.25) is 9.59 Å². The fraction of sp³-hybridized carbons (Fsp3) is 0.429. The molecular weight excluding hydrogens is 299 g/mol. The third-order valence-electron chi connectivity index (χ3n) is 2.64. The number of hydrogen-bond acceptors (Lipinski definition) is 3. The average molecular weight is 317 g/mol. The number of benzene rings is 1. The van der Waals surface area contributed by atoms with Gasteiger partial charge in [-0.25, -0.2) is 4.39 Å². The van der Waals surface area contributed by atoms with E-state index in [1.54, 1.807) is 13.8 Å². The van der Waals surface area contributed by atoms with Gasteiger partial charge >= 0.3 is 0 Å². The van der Waals surface area contributed by atoms with E-state index in [-0.39, 0.29) is 23.7 Å². The van der Waals surface area contributed by atoms with Gasteiger partial charge in [0.25, 0.3) is 5.91 Å². The molecule has 7 heteroatoms. The second-order valence-electron chi connectivity index (χ2n) is 5.34. The van der Waals surface area contributed by atoms with Gasteiger partial charge in [-0.2, -0.15) is 0 Å². The topological polar surface area (TPSA) is 69.6 Å². The molecule has 0 saturated carbocycles. The molecule has 0 aliphatic carbocycles. The van der Waals surface area contributed by atoms with Crippen molar-refractivity contribution in [2.24, 2.45) is 0 Å². The van der Waals surface area contributed by atoms with Crippen LogP contribution in [0.1, 0.15) is 24.2 Å². The maximum atomic E-state index is 13.5. The van der Waals surface area contributed by atoms with E-state index in [1.807, 2.05) is 0 Å². The molecule has 2 amide bonds. The Balaban J connectivity index is 2.63. The largest absolute Gasteiger partial charge is 0.389 e. The maximum absolute atomic E-state index is 13.5. The van der Waals surface area contributed by atoms with E-state index in [4.69, 9.17) is 11.6 Å². The summed E-state index contributed by atoms with van der Waals surface area (Å²) >= 11 is 5.76. The van der Waals surface area contributed by atoms with E-state index in [1.165, 1.54) is 24.1 Å². The van der Waals surface area contributed by atoms with Crippen LogP contribution in [0.15, 0.2) is 18.2 Å². The first-order valence-electron chi connectivity index (χ1n) is 6.30. The van der Waals surface area contributed by atoms with Crippen molar-refractivity contribution in [3.8, 4) is 0 Å². The molecular formula is C14H18ClFN2O3. The molecule has 0 aliphatic rings. The number of nitrogens with zero attached hydrogens (tertiary/aromatic N) is 1. The molecule has 1 rings (SSSR count). The first-order valence-corrected chi connectivity index (χ1v) is 6.68. The van der Waals surface area contributed by atoms with Crippen LogP contribution < -0.4 is 5.32 Å². The molecule has 0 saturated heterocycles. The van der Waals surface area contributed by atoms with Gasteiger partial charge < -0.3 is 15.3 Å². The molecule has 1 aromatic rings. The fourth-order valence-electron chi connectivity index (χ4n) is 1.76. The van der Waals surface area contributed by atoms with Crippen LogP contribution in [0.2, 0.25) is 5.02 Å². The number of amides is 2.